The van der Waals surface area contributed by atoms with Gasteiger partial charge in [0.05, 0.1) is 25.4 Å². The van der Waals surface area contributed by atoms with Gasteiger partial charge in [0, 0.05) is 11.6 Å². The van der Waals surface area contributed by atoms with Crippen molar-refractivity contribution in [2.75, 3.05) is 33.5 Å². The molecular weight excluding hydrogens is 332 g/mol. The van der Waals surface area contributed by atoms with Gasteiger partial charge in [-0.15, -0.1) is 0 Å². The van der Waals surface area contributed by atoms with E-state index in [4.69, 9.17) is 19.3 Å². The maximum Gasteiger partial charge on any atom is 0.336 e. The summed E-state index contributed by atoms with van der Waals surface area (Å²) < 4.78 is 15.7. The van der Waals surface area contributed by atoms with Crippen molar-refractivity contribution in [3.05, 3.63) is 28.2 Å². The number of aliphatic hydroxyl groups excluding tert-OH is 1. The van der Waals surface area contributed by atoms with E-state index in [1.165, 1.54) is 6.07 Å². The number of hydrogen-bond donors (Lipinski definition) is 2. The van der Waals surface area contributed by atoms with E-state index in [-0.39, 0.29) is 18.8 Å². The lowest BCUT2D eigenvalue weighted by Gasteiger charge is -2.13. The third-order valence-electron chi connectivity index (χ3n) is 2.35. The number of carboxylic acid groups (broad SMARTS) is 1. The van der Waals surface area contributed by atoms with Crippen LogP contribution >= 0.6 is 15.9 Å². The van der Waals surface area contributed by atoms with Crippen LogP contribution in [0.4, 0.5) is 0 Å². The molecule has 0 aliphatic rings. The zero-order chi connectivity index (χ0) is 15.0. The molecule has 1 aromatic carbocycles. The van der Waals surface area contributed by atoms with Crippen molar-refractivity contribution in [3.63, 3.8) is 0 Å². The van der Waals surface area contributed by atoms with Gasteiger partial charge in [-0.05, 0) is 34.1 Å². The summed E-state index contributed by atoms with van der Waals surface area (Å²) in [6.45, 7) is 1.01. The van der Waals surface area contributed by atoms with Crippen LogP contribution < -0.4 is 4.74 Å². The number of aromatic carboxylic acids is 1. The van der Waals surface area contributed by atoms with E-state index in [0.29, 0.717) is 23.4 Å². The van der Waals surface area contributed by atoms with Crippen LogP contribution in [-0.2, 0) is 9.47 Å². The van der Waals surface area contributed by atoms with Gasteiger partial charge in [0.2, 0.25) is 0 Å². The van der Waals surface area contributed by atoms with E-state index in [9.17, 15) is 9.90 Å². The molecular formula is C13H17BrO6. The number of carbonyl (C=O) groups is 1. The molecule has 0 fully saturated rings. The molecule has 0 aromatic heterocycles. The normalized spacial score (nSPS) is 12.2. The number of rotatable bonds is 9. The topological polar surface area (TPSA) is 85.2 Å². The number of carboxylic acids is 1. The third kappa shape index (κ3) is 5.87. The van der Waals surface area contributed by atoms with Crippen LogP contribution in [0.1, 0.15) is 10.4 Å². The Bertz CT molecular complexity index is 437. The maximum absolute atomic E-state index is 10.9. The second-order valence-electron chi connectivity index (χ2n) is 3.98. The summed E-state index contributed by atoms with van der Waals surface area (Å²) >= 11 is 3.14. The molecule has 0 spiro atoms. The van der Waals surface area contributed by atoms with Crippen molar-refractivity contribution in [2.24, 2.45) is 0 Å². The summed E-state index contributed by atoms with van der Waals surface area (Å²) in [6.07, 6.45) is -0.788. The van der Waals surface area contributed by atoms with Gasteiger partial charge in [-0.25, -0.2) is 4.79 Å². The predicted octanol–water partition coefficient (Wildman–Crippen LogP) is 1.55. The molecule has 0 heterocycles. The Balaban J connectivity index is 2.41. The van der Waals surface area contributed by atoms with Gasteiger partial charge in [-0.3, -0.25) is 0 Å². The predicted molar refractivity (Wildman–Crippen MR) is 75.3 cm³/mol. The lowest BCUT2D eigenvalue weighted by molar-refractivity contribution is -0.00420. The summed E-state index contributed by atoms with van der Waals surface area (Å²) in [5, 5.41) is 18.6. The lowest BCUT2D eigenvalue weighted by Crippen LogP contribution is -2.24. The van der Waals surface area contributed by atoms with Gasteiger partial charge >= 0.3 is 5.97 Å². The van der Waals surface area contributed by atoms with Gasteiger partial charge in [0.1, 0.15) is 18.5 Å². The Hall–Kier alpha value is -1.15. The molecule has 0 saturated carbocycles. The molecule has 1 aromatic rings. The summed E-state index contributed by atoms with van der Waals surface area (Å²) in [4.78, 5) is 10.9. The van der Waals surface area contributed by atoms with E-state index in [1.54, 1.807) is 19.2 Å². The summed E-state index contributed by atoms with van der Waals surface area (Å²) in [5.74, 6) is -0.674. The first-order valence-electron chi connectivity index (χ1n) is 5.95. The molecule has 112 valence electrons. The molecule has 1 rings (SSSR count). The van der Waals surface area contributed by atoms with E-state index < -0.39 is 12.1 Å². The molecule has 20 heavy (non-hydrogen) atoms. The number of ether oxygens (including phenoxy) is 3. The molecule has 0 radical (unpaired) electrons. The minimum atomic E-state index is -1.05. The zero-order valence-corrected chi connectivity index (χ0v) is 12.6. The van der Waals surface area contributed by atoms with Crippen LogP contribution in [0.2, 0.25) is 0 Å². The van der Waals surface area contributed by atoms with Crippen molar-refractivity contribution in [1.29, 1.82) is 0 Å². The molecule has 0 bridgehead atoms. The Morgan fingerprint density at radius 2 is 2.10 bits per heavy atom. The Morgan fingerprint density at radius 3 is 2.75 bits per heavy atom. The Kier molecular flexibility index (Phi) is 7.53. The summed E-state index contributed by atoms with van der Waals surface area (Å²) in [6, 6.07) is 4.60. The molecule has 1 atom stereocenters. The number of aliphatic hydroxyl groups is 1. The van der Waals surface area contributed by atoms with Gasteiger partial charge in [-0.1, -0.05) is 0 Å². The van der Waals surface area contributed by atoms with Crippen molar-refractivity contribution in [2.45, 2.75) is 6.10 Å². The van der Waals surface area contributed by atoms with Crippen LogP contribution in [-0.4, -0.2) is 55.8 Å². The number of methoxy groups -OCH3 is 1. The Morgan fingerprint density at radius 1 is 1.35 bits per heavy atom. The van der Waals surface area contributed by atoms with Gasteiger partial charge in [0.25, 0.3) is 0 Å². The van der Waals surface area contributed by atoms with E-state index in [2.05, 4.69) is 15.9 Å². The van der Waals surface area contributed by atoms with Crippen molar-refractivity contribution < 1.29 is 29.2 Å². The van der Waals surface area contributed by atoms with Crippen LogP contribution in [0, 0.1) is 0 Å². The standard InChI is InChI=1S/C13H17BrO6/c1-18-4-5-19-7-9(15)8-20-10-2-3-12(14)11(6-10)13(16)17/h2-3,6,9,15H,4-5,7-8H2,1H3,(H,16,17). The van der Waals surface area contributed by atoms with Crippen molar-refractivity contribution >= 4 is 21.9 Å². The van der Waals surface area contributed by atoms with Gasteiger partial charge < -0.3 is 24.4 Å². The smallest absolute Gasteiger partial charge is 0.336 e. The fourth-order valence-electron chi connectivity index (χ4n) is 1.36. The monoisotopic (exact) mass is 348 g/mol. The van der Waals surface area contributed by atoms with E-state index >= 15 is 0 Å². The van der Waals surface area contributed by atoms with Crippen LogP contribution in [0.5, 0.6) is 5.75 Å². The fourth-order valence-corrected chi connectivity index (χ4v) is 1.78. The number of hydrogen-bond acceptors (Lipinski definition) is 5. The average Bonchev–Trinajstić information content (AvgIpc) is 2.42. The van der Waals surface area contributed by atoms with Gasteiger partial charge in [0.15, 0.2) is 0 Å². The first kappa shape index (κ1) is 16.9. The largest absolute Gasteiger partial charge is 0.491 e. The molecule has 6 nitrogen and oxygen atoms in total. The van der Waals surface area contributed by atoms with E-state index in [0.717, 1.165) is 0 Å². The molecule has 1 unspecified atom stereocenters. The number of benzene rings is 1. The molecule has 0 aliphatic heterocycles. The Labute approximate surface area is 125 Å². The molecule has 0 amide bonds. The van der Waals surface area contributed by atoms with Gasteiger partial charge in [-0.2, -0.15) is 0 Å². The first-order chi connectivity index (χ1) is 9.54. The highest BCUT2D eigenvalue weighted by molar-refractivity contribution is 9.10. The minimum absolute atomic E-state index is 0.0215. The minimum Gasteiger partial charge on any atom is -0.491 e. The highest BCUT2D eigenvalue weighted by atomic mass is 79.9. The second-order valence-corrected chi connectivity index (χ2v) is 4.83. The molecule has 0 saturated heterocycles. The maximum atomic E-state index is 10.9. The van der Waals surface area contributed by atoms with Crippen LogP contribution in [0.3, 0.4) is 0 Å². The fraction of sp³-hybridized carbons (Fsp3) is 0.462. The second kappa shape index (κ2) is 8.91. The zero-order valence-electron chi connectivity index (χ0n) is 11.0. The van der Waals surface area contributed by atoms with E-state index in [1.807, 2.05) is 0 Å². The van der Waals surface area contributed by atoms with Crippen LogP contribution in [0.15, 0.2) is 22.7 Å². The van der Waals surface area contributed by atoms with Crippen molar-refractivity contribution in [3.8, 4) is 5.75 Å². The highest BCUT2D eigenvalue weighted by Gasteiger charge is 2.11. The lowest BCUT2D eigenvalue weighted by atomic mass is 10.2. The average molecular weight is 349 g/mol. The molecule has 0 aliphatic carbocycles. The quantitative estimate of drug-likeness (QED) is 0.658. The third-order valence-corrected chi connectivity index (χ3v) is 3.04. The molecule has 2 N–H and O–H groups in total. The summed E-state index contributed by atoms with van der Waals surface area (Å²) in [7, 11) is 1.57. The first-order valence-corrected chi connectivity index (χ1v) is 6.74. The summed E-state index contributed by atoms with van der Waals surface area (Å²) in [5.41, 5.74) is 0.105. The highest BCUT2D eigenvalue weighted by Crippen LogP contribution is 2.22. The number of halogens is 1. The molecule has 7 heteroatoms. The van der Waals surface area contributed by atoms with Crippen molar-refractivity contribution in [1.82, 2.24) is 0 Å². The van der Waals surface area contributed by atoms with Crippen LogP contribution in [0.25, 0.3) is 0 Å². The SMILES string of the molecule is COCCOCC(O)COc1ccc(Br)c(C(=O)O)c1.